The van der Waals surface area contributed by atoms with Gasteiger partial charge in [0.05, 0.1) is 27.7 Å². The Hall–Kier alpha value is -3.13. The van der Waals surface area contributed by atoms with Crippen molar-refractivity contribution in [2.45, 2.75) is 43.7 Å². The van der Waals surface area contributed by atoms with Crippen molar-refractivity contribution in [3.8, 4) is 0 Å². The number of piperidine rings is 1. The van der Waals surface area contributed by atoms with Gasteiger partial charge < -0.3 is 15.0 Å². The number of carbonyl (C=O) groups is 2. The van der Waals surface area contributed by atoms with E-state index in [9.17, 15) is 14.0 Å². The van der Waals surface area contributed by atoms with E-state index in [0.717, 1.165) is 11.1 Å². The largest absolute Gasteiger partial charge is 0.438 e. The summed E-state index contributed by atoms with van der Waals surface area (Å²) in [5.41, 5.74) is 2.22. The van der Waals surface area contributed by atoms with Crippen LogP contribution < -0.4 is 10.6 Å². The van der Waals surface area contributed by atoms with E-state index in [4.69, 9.17) is 27.9 Å². The Morgan fingerprint density at radius 1 is 1.05 bits per heavy atom. The Morgan fingerprint density at radius 2 is 1.79 bits per heavy atom. The normalized spacial score (nSPS) is 18.0. The van der Waals surface area contributed by atoms with Crippen molar-refractivity contribution in [3.63, 3.8) is 0 Å². The Kier molecular flexibility index (Phi) is 8.12. The molecule has 0 bridgehead atoms. The van der Waals surface area contributed by atoms with E-state index in [-0.39, 0.29) is 17.8 Å². The fourth-order valence-corrected chi connectivity index (χ4v) is 5.82. The fraction of sp³-hybridized carbons (Fsp3) is 0.333. The molecule has 3 aromatic carbocycles. The zero-order chi connectivity index (χ0) is 27.6. The Balaban J connectivity index is 1.28. The molecule has 2 aliphatic heterocycles. The number of anilines is 1. The van der Waals surface area contributed by atoms with Crippen molar-refractivity contribution in [3.05, 3.63) is 99.3 Å². The number of amides is 2. The number of nitrogens with zero attached hydrogens (tertiary/aromatic N) is 1. The molecule has 2 heterocycles. The smallest absolute Gasteiger partial charge is 0.412 e. The lowest BCUT2D eigenvalue weighted by atomic mass is 9.82. The van der Waals surface area contributed by atoms with E-state index in [1.165, 1.54) is 12.1 Å². The van der Waals surface area contributed by atoms with Crippen LogP contribution in [0.2, 0.25) is 10.0 Å². The summed E-state index contributed by atoms with van der Waals surface area (Å²) >= 11 is 12.5. The van der Waals surface area contributed by atoms with Crippen molar-refractivity contribution in [2.24, 2.45) is 0 Å². The molecule has 1 spiro atoms. The highest BCUT2D eigenvalue weighted by Crippen LogP contribution is 2.44. The first-order valence-corrected chi connectivity index (χ1v) is 13.8. The van der Waals surface area contributed by atoms with Gasteiger partial charge in [-0.25, -0.2) is 9.18 Å². The van der Waals surface area contributed by atoms with Gasteiger partial charge in [-0.15, -0.1) is 0 Å². The molecule has 9 heteroatoms. The highest BCUT2D eigenvalue weighted by atomic mass is 35.5. The summed E-state index contributed by atoms with van der Waals surface area (Å²) in [5.74, 6) is -0.890. The molecule has 0 saturated carbocycles. The minimum atomic E-state index is -0.859. The van der Waals surface area contributed by atoms with E-state index in [1.54, 1.807) is 18.2 Å². The maximum atomic E-state index is 14.1. The Labute approximate surface area is 237 Å². The second-order valence-electron chi connectivity index (χ2n) is 10.2. The molecule has 3 aromatic rings. The van der Waals surface area contributed by atoms with E-state index in [0.29, 0.717) is 60.2 Å². The van der Waals surface area contributed by atoms with Gasteiger partial charge in [-0.2, -0.15) is 0 Å². The molecule has 0 aliphatic carbocycles. The molecule has 39 heavy (non-hydrogen) atoms. The maximum absolute atomic E-state index is 14.1. The van der Waals surface area contributed by atoms with Crippen LogP contribution in [0.5, 0.6) is 0 Å². The predicted molar refractivity (Wildman–Crippen MR) is 151 cm³/mol. The van der Waals surface area contributed by atoms with E-state index in [1.807, 2.05) is 43.3 Å². The van der Waals surface area contributed by atoms with Gasteiger partial charge in [0.25, 0.3) is 0 Å². The summed E-state index contributed by atoms with van der Waals surface area (Å²) in [4.78, 5) is 28.0. The number of fused-ring (bicyclic) bond motifs is 2. The molecule has 2 aliphatic rings. The number of rotatable bonds is 7. The summed E-state index contributed by atoms with van der Waals surface area (Å²) in [6, 6.07) is 19.3. The number of benzene rings is 3. The second kappa shape index (κ2) is 11.5. The van der Waals surface area contributed by atoms with Crippen LogP contribution >= 0.6 is 23.2 Å². The molecule has 2 atom stereocenters. The fourth-order valence-electron chi connectivity index (χ4n) is 5.51. The van der Waals surface area contributed by atoms with Crippen molar-refractivity contribution < 1.29 is 18.7 Å². The summed E-state index contributed by atoms with van der Waals surface area (Å²) in [5, 5.41) is 6.66. The van der Waals surface area contributed by atoms with Gasteiger partial charge in [0, 0.05) is 31.5 Å². The molecule has 0 unspecified atom stereocenters. The Bertz CT molecular complexity index is 1360. The lowest BCUT2D eigenvalue weighted by Gasteiger charge is -2.44. The number of ether oxygens (including phenoxy) is 1. The van der Waals surface area contributed by atoms with Crippen molar-refractivity contribution in [2.75, 3.05) is 25.0 Å². The number of carbonyl (C=O) groups excluding carboxylic acids is 2. The van der Waals surface area contributed by atoms with Crippen LogP contribution in [0.4, 0.5) is 14.9 Å². The molecule has 1 fully saturated rings. The first-order chi connectivity index (χ1) is 18.7. The van der Waals surface area contributed by atoms with Gasteiger partial charge in [-0.3, -0.25) is 10.1 Å². The molecule has 0 radical (unpaired) electrons. The van der Waals surface area contributed by atoms with Crippen LogP contribution in [0, 0.1) is 5.82 Å². The molecule has 5 rings (SSSR count). The minimum absolute atomic E-state index is 0.0880. The SMILES string of the molecule is C[C@@H](NC(=O)[C@H](CCN1CCC2(CC1)OC(=O)Nc1ccc(F)cc12)c1ccc(Cl)c(Cl)c1)c1ccccc1. The number of nitrogens with one attached hydrogen (secondary N) is 2. The second-order valence-corrected chi connectivity index (χ2v) is 11.0. The zero-order valence-corrected chi connectivity index (χ0v) is 23.1. The van der Waals surface area contributed by atoms with Gasteiger partial charge in [-0.05, 0) is 61.3 Å². The third kappa shape index (κ3) is 6.06. The van der Waals surface area contributed by atoms with Crippen LogP contribution in [0.3, 0.4) is 0 Å². The molecule has 6 nitrogen and oxygen atoms in total. The molecule has 204 valence electrons. The van der Waals surface area contributed by atoms with Gasteiger partial charge in [0.1, 0.15) is 11.4 Å². The van der Waals surface area contributed by atoms with Crippen molar-refractivity contribution in [1.29, 1.82) is 0 Å². The summed E-state index contributed by atoms with van der Waals surface area (Å²) in [7, 11) is 0. The van der Waals surface area contributed by atoms with Gasteiger partial charge in [0.15, 0.2) is 0 Å². The van der Waals surface area contributed by atoms with Crippen molar-refractivity contribution in [1.82, 2.24) is 10.2 Å². The highest BCUT2D eigenvalue weighted by molar-refractivity contribution is 6.42. The lowest BCUT2D eigenvalue weighted by molar-refractivity contribution is -0.123. The first kappa shape index (κ1) is 27.4. The third-order valence-electron chi connectivity index (χ3n) is 7.72. The lowest BCUT2D eigenvalue weighted by Crippen LogP contribution is -2.48. The standard InChI is InChI=1S/C30H30Cl2FN3O3/c1-19(20-5-3-2-4-6-20)34-28(37)23(21-7-9-25(31)26(32)17-21)11-14-36-15-12-30(13-16-36)24-18-22(33)8-10-27(24)35-29(38)39-30/h2-10,17-19,23H,11-16H2,1H3,(H,34,37)(H,35,38)/t19-,23-/m1/s1. The Morgan fingerprint density at radius 3 is 2.51 bits per heavy atom. The third-order valence-corrected chi connectivity index (χ3v) is 8.45. The van der Waals surface area contributed by atoms with Gasteiger partial charge in [-0.1, -0.05) is 59.6 Å². The molecule has 1 saturated heterocycles. The average molecular weight is 570 g/mol. The number of likely N-dealkylation sites (tertiary alicyclic amines) is 1. The number of hydrogen-bond donors (Lipinski definition) is 2. The molecular formula is C30H30Cl2FN3O3. The highest BCUT2D eigenvalue weighted by Gasteiger charge is 2.44. The van der Waals surface area contributed by atoms with Crippen LogP contribution in [0.1, 0.15) is 54.8 Å². The molecular weight excluding hydrogens is 540 g/mol. The molecule has 2 amide bonds. The van der Waals surface area contributed by atoms with E-state index < -0.39 is 17.6 Å². The topological polar surface area (TPSA) is 70.7 Å². The number of halogens is 3. The molecule has 0 aromatic heterocycles. The first-order valence-electron chi connectivity index (χ1n) is 13.1. The van der Waals surface area contributed by atoms with Gasteiger partial charge in [0.2, 0.25) is 5.91 Å². The van der Waals surface area contributed by atoms with Gasteiger partial charge >= 0.3 is 6.09 Å². The quantitative estimate of drug-likeness (QED) is 0.320. The predicted octanol–water partition coefficient (Wildman–Crippen LogP) is 7.04. The average Bonchev–Trinajstić information content (AvgIpc) is 2.92. The van der Waals surface area contributed by atoms with E-state index >= 15 is 0 Å². The summed E-state index contributed by atoms with van der Waals surface area (Å²) in [6.45, 7) is 3.89. The van der Waals surface area contributed by atoms with Crippen molar-refractivity contribution >= 4 is 40.9 Å². The number of hydrogen-bond acceptors (Lipinski definition) is 4. The van der Waals surface area contributed by atoms with E-state index in [2.05, 4.69) is 15.5 Å². The zero-order valence-electron chi connectivity index (χ0n) is 21.6. The molecule has 2 N–H and O–H groups in total. The monoisotopic (exact) mass is 569 g/mol. The summed E-state index contributed by atoms with van der Waals surface area (Å²) in [6.07, 6.45) is 1.11. The van der Waals surface area contributed by atoms with Crippen LogP contribution in [-0.4, -0.2) is 36.5 Å². The van der Waals surface area contributed by atoms with Crippen LogP contribution in [0.15, 0.2) is 66.7 Å². The summed E-state index contributed by atoms with van der Waals surface area (Å²) < 4.78 is 19.8. The minimum Gasteiger partial charge on any atom is -0.438 e. The van der Waals surface area contributed by atoms with Crippen LogP contribution in [-0.2, 0) is 15.1 Å². The van der Waals surface area contributed by atoms with Crippen LogP contribution in [0.25, 0.3) is 0 Å². The maximum Gasteiger partial charge on any atom is 0.412 e.